The number of carbonyl (C=O) groups excluding carboxylic acids is 1. The average molecular weight is 369 g/mol. The molecule has 0 atom stereocenters. The second kappa shape index (κ2) is 7.50. The third kappa shape index (κ3) is 3.90. The smallest absolute Gasteiger partial charge is 0.339 e. The molecule has 0 fully saturated rings. The Hall–Kier alpha value is -2.34. The summed E-state index contributed by atoms with van der Waals surface area (Å²) in [6.07, 6.45) is 2.83. The van der Waals surface area contributed by atoms with Crippen LogP contribution < -0.4 is 0 Å². The van der Waals surface area contributed by atoms with Crippen LogP contribution in [0.4, 0.5) is 0 Å². The molecule has 136 valence electrons. The fourth-order valence-electron chi connectivity index (χ4n) is 2.57. The SMILES string of the molecule is CCCOC(=O)c1ccccc1Sc1ccc2nnc(C(C)(C)C)n2c1. The highest BCUT2D eigenvalue weighted by atomic mass is 32.2. The fourth-order valence-corrected chi connectivity index (χ4v) is 3.52. The van der Waals surface area contributed by atoms with Gasteiger partial charge in [-0.2, -0.15) is 0 Å². The molecule has 0 saturated heterocycles. The lowest BCUT2D eigenvalue weighted by atomic mass is 9.96. The Morgan fingerprint density at radius 1 is 1.15 bits per heavy atom. The molecule has 1 aromatic carbocycles. The van der Waals surface area contributed by atoms with E-state index in [1.807, 2.05) is 47.9 Å². The molecular weight excluding hydrogens is 346 g/mol. The number of hydrogen-bond donors (Lipinski definition) is 0. The number of aromatic nitrogens is 3. The second-order valence-electron chi connectivity index (χ2n) is 7.10. The highest BCUT2D eigenvalue weighted by molar-refractivity contribution is 7.99. The molecule has 0 spiro atoms. The van der Waals surface area contributed by atoms with E-state index in [2.05, 4.69) is 31.0 Å². The molecule has 0 radical (unpaired) electrons. The summed E-state index contributed by atoms with van der Waals surface area (Å²) < 4.78 is 7.31. The van der Waals surface area contributed by atoms with Crippen LogP contribution in [0.2, 0.25) is 0 Å². The zero-order valence-corrected chi connectivity index (χ0v) is 16.3. The first-order valence-corrected chi connectivity index (χ1v) is 9.51. The van der Waals surface area contributed by atoms with Crippen molar-refractivity contribution in [3.05, 3.63) is 54.0 Å². The van der Waals surface area contributed by atoms with Crippen LogP contribution in [0.1, 0.15) is 50.3 Å². The molecule has 2 aromatic heterocycles. The summed E-state index contributed by atoms with van der Waals surface area (Å²) >= 11 is 1.54. The first-order valence-electron chi connectivity index (χ1n) is 8.69. The van der Waals surface area contributed by atoms with Crippen LogP contribution in [0.5, 0.6) is 0 Å². The van der Waals surface area contributed by atoms with Crippen molar-refractivity contribution in [2.24, 2.45) is 0 Å². The monoisotopic (exact) mass is 369 g/mol. The van der Waals surface area contributed by atoms with E-state index in [9.17, 15) is 4.79 Å². The number of esters is 1. The number of ether oxygens (including phenoxy) is 1. The summed E-state index contributed by atoms with van der Waals surface area (Å²) in [6.45, 7) is 8.75. The number of hydrogen-bond acceptors (Lipinski definition) is 5. The maximum Gasteiger partial charge on any atom is 0.339 e. The molecule has 0 N–H and O–H groups in total. The molecule has 5 nitrogen and oxygen atoms in total. The minimum absolute atomic E-state index is 0.107. The van der Waals surface area contributed by atoms with E-state index < -0.39 is 0 Å². The highest BCUT2D eigenvalue weighted by Crippen LogP contribution is 2.32. The van der Waals surface area contributed by atoms with Crippen molar-refractivity contribution in [2.75, 3.05) is 6.61 Å². The zero-order chi connectivity index (χ0) is 18.7. The first kappa shape index (κ1) is 18.5. The minimum atomic E-state index is -0.282. The summed E-state index contributed by atoms with van der Waals surface area (Å²) in [6, 6.07) is 11.5. The molecule has 3 aromatic rings. The van der Waals surface area contributed by atoms with Gasteiger partial charge in [0.15, 0.2) is 5.65 Å². The van der Waals surface area contributed by atoms with E-state index in [0.29, 0.717) is 12.2 Å². The molecule has 0 unspecified atom stereocenters. The van der Waals surface area contributed by atoms with E-state index in [0.717, 1.165) is 27.7 Å². The minimum Gasteiger partial charge on any atom is -0.462 e. The van der Waals surface area contributed by atoms with Crippen LogP contribution in [0.3, 0.4) is 0 Å². The van der Waals surface area contributed by atoms with Gasteiger partial charge in [-0.3, -0.25) is 4.40 Å². The van der Waals surface area contributed by atoms with Crippen LogP contribution in [0, 0.1) is 0 Å². The van der Waals surface area contributed by atoms with Gasteiger partial charge in [0.05, 0.1) is 12.2 Å². The number of benzene rings is 1. The van der Waals surface area contributed by atoms with Crippen molar-refractivity contribution in [3.63, 3.8) is 0 Å². The van der Waals surface area contributed by atoms with Crippen LogP contribution in [0.25, 0.3) is 5.65 Å². The summed E-state index contributed by atoms with van der Waals surface area (Å²) in [7, 11) is 0. The maximum atomic E-state index is 12.3. The van der Waals surface area contributed by atoms with Crippen molar-refractivity contribution >= 4 is 23.4 Å². The van der Waals surface area contributed by atoms with Gasteiger partial charge in [0.25, 0.3) is 0 Å². The van der Waals surface area contributed by atoms with Gasteiger partial charge in [0.1, 0.15) is 5.82 Å². The number of carbonyl (C=O) groups is 1. The number of fused-ring (bicyclic) bond motifs is 1. The lowest BCUT2D eigenvalue weighted by molar-refractivity contribution is 0.0501. The Bertz CT molecular complexity index is 928. The van der Waals surface area contributed by atoms with E-state index in [1.54, 1.807) is 6.07 Å². The first-order chi connectivity index (χ1) is 12.4. The molecule has 26 heavy (non-hydrogen) atoms. The molecule has 0 amide bonds. The third-order valence-electron chi connectivity index (χ3n) is 3.82. The van der Waals surface area contributed by atoms with Crippen molar-refractivity contribution in [3.8, 4) is 0 Å². The van der Waals surface area contributed by atoms with Crippen molar-refractivity contribution in [2.45, 2.75) is 49.3 Å². The normalized spacial score (nSPS) is 11.7. The summed E-state index contributed by atoms with van der Waals surface area (Å²) in [5.41, 5.74) is 1.30. The van der Waals surface area contributed by atoms with Crippen molar-refractivity contribution < 1.29 is 9.53 Å². The number of nitrogens with zero attached hydrogens (tertiary/aromatic N) is 3. The summed E-state index contributed by atoms with van der Waals surface area (Å²) in [5, 5.41) is 8.57. The Balaban J connectivity index is 1.93. The zero-order valence-electron chi connectivity index (χ0n) is 15.5. The van der Waals surface area contributed by atoms with E-state index in [4.69, 9.17) is 4.74 Å². The Morgan fingerprint density at radius 2 is 1.92 bits per heavy atom. The molecule has 2 heterocycles. The quantitative estimate of drug-likeness (QED) is 0.608. The van der Waals surface area contributed by atoms with Gasteiger partial charge >= 0.3 is 5.97 Å². The third-order valence-corrected chi connectivity index (χ3v) is 4.87. The molecule has 0 aliphatic rings. The largest absolute Gasteiger partial charge is 0.462 e. The molecule has 0 aliphatic carbocycles. The average Bonchev–Trinajstić information content (AvgIpc) is 3.03. The van der Waals surface area contributed by atoms with Gasteiger partial charge in [0.2, 0.25) is 0 Å². The predicted molar refractivity (Wildman–Crippen MR) is 103 cm³/mol. The van der Waals surface area contributed by atoms with Crippen LogP contribution in [-0.4, -0.2) is 27.2 Å². The van der Waals surface area contributed by atoms with E-state index >= 15 is 0 Å². The molecular formula is C20H23N3O2S. The Labute approximate surface area is 157 Å². The van der Waals surface area contributed by atoms with Gasteiger partial charge in [-0.25, -0.2) is 4.79 Å². The topological polar surface area (TPSA) is 56.5 Å². The lowest BCUT2D eigenvalue weighted by Gasteiger charge is -2.16. The summed E-state index contributed by atoms with van der Waals surface area (Å²) in [4.78, 5) is 14.2. The Kier molecular flexibility index (Phi) is 5.32. The molecule has 6 heteroatoms. The molecule has 0 bridgehead atoms. The van der Waals surface area contributed by atoms with Crippen LogP contribution >= 0.6 is 11.8 Å². The predicted octanol–water partition coefficient (Wildman–Crippen LogP) is 4.74. The van der Waals surface area contributed by atoms with Gasteiger partial charge in [-0.1, -0.05) is 51.6 Å². The molecule has 3 rings (SSSR count). The van der Waals surface area contributed by atoms with Gasteiger partial charge in [-0.05, 0) is 30.7 Å². The summed E-state index contributed by atoms with van der Waals surface area (Å²) in [5.74, 6) is 0.626. The van der Waals surface area contributed by atoms with E-state index in [-0.39, 0.29) is 11.4 Å². The van der Waals surface area contributed by atoms with Crippen molar-refractivity contribution in [1.82, 2.24) is 14.6 Å². The van der Waals surface area contributed by atoms with E-state index in [1.165, 1.54) is 11.8 Å². The van der Waals surface area contributed by atoms with Gasteiger partial charge < -0.3 is 4.74 Å². The fraction of sp³-hybridized carbons (Fsp3) is 0.350. The van der Waals surface area contributed by atoms with Crippen molar-refractivity contribution in [1.29, 1.82) is 0 Å². The molecule has 0 saturated carbocycles. The van der Waals surface area contributed by atoms with Gasteiger partial charge in [0, 0.05) is 21.4 Å². The molecule has 0 aliphatic heterocycles. The van der Waals surface area contributed by atoms with Gasteiger partial charge in [-0.15, -0.1) is 10.2 Å². The maximum absolute atomic E-state index is 12.3. The number of pyridine rings is 1. The van der Waals surface area contributed by atoms with Crippen LogP contribution in [0.15, 0.2) is 52.4 Å². The highest BCUT2D eigenvalue weighted by Gasteiger charge is 2.21. The second-order valence-corrected chi connectivity index (χ2v) is 8.22. The van der Waals surface area contributed by atoms with Crippen LogP contribution in [-0.2, 0) is 10.2 Å². The standard InChI is InChI=1S/C20H23N3O2S/c1-5-12-25-18(24)15-8-6-7-9-16(15)26-14-10-11-17-21-22-19(20(2,3)4)23(17)13-14/h6-11,13H,5,12H2,1-4H3. The number of rotatable bonds is 5. The lowest BCUT2D eigenvalue weighted by Crippen LogP contribution is -2.15. The Morgan fingerprint density at radius 3 is 2.65 bits per heavy atom.